The number of carboxylic acids is 1. The van der Waals surface area contributed by atoms with Gasteiger partial charge in [-0.05, 0) is 24.3 Å². The number of phenols is 3. The molecule has 3 aromatic rings. The van der Waals surface area contributed by atoms with E-state index in [1.54, 1.807) is 0 Å². The van der Waals surface area contributed by atoms with Crippen molar-refractivity contribution < 1.29 is 54.4 Å². The van der Waals surface area contributed by atoms with Crippen molar-refractivity contribution in [3.63, 3.8) is 0 Å². The molecule has 4 rings (SSSR count). The number of aliphatic hydroxyl groups excluding tert-OH is 3. The molecular formula is C21H18O12. The highest BCUT2D eigenvalue weighted by Gasteiger charge is 2.48. The van der Waals surface area contributed by atoms with Crippen LogP contribution >= 0.6 is 0 Å². The van der Waals surface area contributed by atoms with Gasteiger partial charge in [0.15, 0.2) is 11.9 Å². The van der Waals surface area contributed by atoms with Gasteiger partial charge in [0.05, 0.1) is 0 Å². The fourth-order valence-corrected chi connectivity index (χ4v) is 3.44. The van der Waals surface area contributed by atoms with Gasteiger partial charge in [0.2, 0.25) is 17.5 Å². The van der Waals surface area contributed by atoms with E-state index in [-0.39, 0.29) is 22.7 Å². The first-order valence-electron chi connectivity index (χ1n) is 9.49. The van der Waals surface area contributed by atoms with Crippen LogP contribution in [-0.2, 0) is 9.53 Å². The van der Waals surface area contributed by atoms with Crippen molar-refractivity contribution in [2.24, 2.45) is 0 Å². The van der Waals surface area contributed by atoms with Gasteiger partial charge in [0.1, 0.15) is 46.5 Å². The molecule has 1 fully saturated rings. The number of aliphatic hydroxyl groups is 3. The number of hydrogen-bond donors (Lipinski definition) is 7. The SMILES string of the molecule is O=C(O)[C@H]1O[C@@H](Oc2c(-c3ccc(O)cc3)o[13c]3[13cH][13c](O)[13cH][13c](O)[13c]3c2=O)[C@H](O)[C@@H](O)[C@@H]1O. The maximum Gasteiger partial charge on any atom is 0.335 e. The van der Waals surface area contributed by atoms with E-state index >= 15 is 0 Å². The third kappa shape index (κ3) is 3.91. The standard InChI is InChI=1S/C21H18O12/c22-8-3-1-7(2-4-8)17-18(13(25)12-10(24)5-9(23)6-11(12)31-17)32-21-16(28)14(26)15(27)19(33-21)20(29)30/h1-6,14-16,19,21-24,26-28H,(H,29,30)/t14-,15-,16+,19-,21+/m0/s1/i5+1,6+1,9+1,10+1,11+1,12+1. The molecule has 33 heavy (non-hydrogen) atoms. The van der Waals surface area contributed by atoms with Gasteiger partial charge in [-0.3, -0.25) is 4.79 Å². The monoisotopic (exact) mass is 468 g/mol. The second-order valence-corrected chi connectivity index (χ2v) is 7.33. The number of phenolic OH excluding ortho intramolecular Hbond substituents is 3. The van der Waals surface area contributed by atoms with Crippen LogP contribution in [0.25, 0.3) is 22.3 Å². The van der Waals surface area contributed by atoms with Crippen LogP contribution in [0.15, 0.2) is 45.6 Å². The molecule has 1 aliphatic rings. The second-order valence-electron chi connectivity index (χ2n) is 7.33. The molecule has 0 unspecified atom stereocenters. The normalized spacial score (nSPS) is 25.1. The third-order valence-electron chi connectivity index (χ3n) is 5.09. The predicted octanol–water partition coefficient (Wildman–Crippen LogP) is -0.152. The van der Waals surface area contributed by atoms with Crippen molar-refractivity contribution in [2.75, 3.05) is 0 Å². The Kier molecular flexibility index (Phi) is 5.59. The van der Waals surface area contributed by atoms with Crippen LogP contribution in [0.1, 0.15) is 0 Å². The minimum Gasteiger partial charge on any atom is -0.508 e. The zero-order valence-corrected chi connectivity index (χ0v) is 16.5. The van der Waals surface area contributed by atoms with E-state index in [9.17, 15) is 45.3 Å². The van der Waals surface area contributed by atoms with Crippen LogP contribution < -0.4 is 10.2 Å². The number of carbonyl (C=O) groups is 1. The molecule has 0 saturated carbocycles. The molecule has 5 atom stereocenters. The third-order valence-corrected chi connectivity index (χ3v) is 5.09. The van der Waals surface area contributed by atoms with E-state index in [1.807, 2.05) is 0 Å². The molecule has 174 valence electrons. The summed E-state index contributed by atoms with van der Waals surface area (Å²) in [5.74, 6) is -3.72. The number of hydrogen-bond acceptors (Lipinski definition) is 11. The van der Waals surface area contributed by atoms with Gasteiger partial charge in [-0.15, -0.1) is 0 Å². The Morgan fingerprint density at radius 1 is 0.909 bits per heavy atom. The summed E-state index contributed by atoms with van der Waals surface area (Å²) in [4.78, 5) is 24.6. The molecular weight excluding hydrogens is 450 g/mol. The lowest BCUT2D eigenvalue weighted by atomic mass is 9.99. The lowest BCUT2D eigenvalue weighted by Crippen LogP contribution is -2.61. The van der Waals surface area contributed by atoms with Gasteiger partial charge < -0.3 is 49.6 Å². The van der Waals surface area contributed by atoms with Crippen LogP contribution in [-0.4, -0.2) is 72.4 Å². The van der Waals surface area contributed by atoms with E-state index in [1.165, 1.54) is 24.3 Å². The zero-order chi connectivity index (χ0) is 24.0. The molecule has 12 nitrogen and oxygen atoms in total. The van der Waals surface area contributed by atoms with Crippen LogP contribution in [0, 0.1) is 0 Å². The van der Waals surface area contributed by atoms with Crippen LogP contribution in [0.5, 0.6) is 23.0 Å². The number of aromatic hydroxyl groups is 3. The number of carboxylic acid groups (broad SMARTS) is 1. The summed E-state index contributed by atoms with van der Waals surface area (Å²) >= 11 is 0. The van der Waals surface area contributed by atoms with Gasteiger partial charge in [-0.2, -0.15) is 0 Å². The second kappa shape index (κ2) is 8.26. The van der Waals surface area contributed by atoms with Crippen molar-refractivity contribution >= 4 is 16.9 Å². The van der Waals surface area contributed by atoms with Gasteiger partial charge in [-0.1, -0.05) is 0 Å². The summed E-state index contributed by atoms with van der Waals surface area (Å²) < 4.78 is 16.2. The van der Waals surface area contributed by atoms with E-state index in [0.29, 0.717) is 0 Å². The highest BCUT2D eigenvalue weighted by atomic mass is 16.7. The fourth-order valence-electron chi connectivity index (χ4n) is 3.44. The van der Waals surface area contributed by atoms with Gasteiger partial charge in [0, 0.05) is 17.7 Å². The van der Waals surface area contributed by atoms with Crippen molar-refractivity contribution in [3.05, 3.63) is 46.6 Å². The molecule has 0 radical (unpaired) electrons. The number of benzene rings is 2. The number of rotatable bonds is 4. The minimum absolute atomic E-state index is 0.105. The summed E-state index contributed by atoms with van der Waals surface area (Å²) in [6, 6.07) is 7.20. The zero-order valence-electron chi connectivity index (χ0n) is 16.5. The lowest BCUT2D eigenvalue weighted by molar-refractivity contribution is -0.271. The summed E-state index contributed by atoms with van der Waals surface area (Å²) in [6.45, 7) is 0. The maximum atomic E-state index is 13.2. The van der Waals surface area contributed by atoms with Crippen molar-refractivity contribution in [1.29, 1.82) is 0 Å². The molecule has 12 heteroatoms. The highest BCUT2D eigenvalue weighted by Crippen LogP contribution is 2.37. The number of fused-ring (bicyclic) bond motifs is 1. The molecule has 0 amide bonds. The first-order valence-corrected chi connectivity index (χ1v) is 9.49. The Morgan fingerprint density at radius 2 is 1.58 bits per heavy atom. The average Bonchev–Trinajstić information content (AvgIpc) is 2.75. The Balaban J connectivity index is 1.89. The van der Waals surface area contributed by atoms with Crippen LogP contribution in [0.4, 0.5) is 0 Å². The smallest absolute Gasteiger partial charge is 0.335 e. The van der Waals surface area contributed by atoms with Gasteiger partial charge >= 0.3 is 5.97 Å². The van der Waals surface area contributed by atoms with Crippen molar-refractivity contribution in [1.82, 2.24) is 0 Å². The largest absolute Gasteiger partial charge is 0.508 e. The predicted molar refractivity (Wildman–Crippen MR) is 108 cm³/mol. The van der Waals surface area contributed by atoms with Crippen molar-refractivity contribution in [3.8, 4) is 34.3 Å². The number of ether oxygens (including phenoxy) is 2. The molecule has 0 spiro atoms. The fraction of sp³-hybridized carbons (Fsp3) is 0.238. The van der Waals surface area contributed by atoms with Crippen LogP contribution in [0.2, 0.25) is 0 Å². The molecule has 7 N–H and O–H groups in total. The summed E-state index contributed by atoms with van der Waals surface area (Å²) in [5.41, 5.74) is -1.01. The Bertz CT molecular complexity index is 1260. The average molecular weight is 468 g/mol. The first kappa shape index (κ1) is 22.4. The van der Waals surface area contributed by atoms with Crippen LogP contribution in [0.3, 0.4) is 0 Å². The molecule has 0 aliphatic carbocycles. The quantitative estimate of drug-likeness (QED) is 0.267. The minimum atomic E-state index is -1.99. The van der Waals surface area contributed by atoms with E-state index in [0.717, 1.165) is 12.1 Å². The Hall–Kier alpha value is -3.84. The molecule has 1 saturated heterocycles. The topological polar surface area (TPSA) is 207 Å². The molecule has 1 aliphatic heterocycles. The van der Waals surface area contributed by atoms with E-state index < -0.39 is 64.7 Å². The summed E-state index contributed by atoms with van der Waals surface area (Å²) in [5, 5.41) is 68.4. The number of aliphatic carboxylic acids is 1. The van der Waals surface area contributed by atoms with Gasteiger partial charge in [-0.25, -0.2) is 4.79 Å². The molecule has 0 bridgehead atoms. The molecule has 2 aromatic carbocycles. The lowest BCUT2D eigenvalue weighted by Gasteiger charge is -2.38. The maximum absolute atomic E-state index is 13.2. The molecule has 2 heterocycles. The summed E-state index contributed by atoms with van der Waals surface area (Å²) in [6.07, 6.45) is -9.84. The summed E-state index contributed by atoms with van der Waals surface area (Å²) in [7, 11) is 0. The van der Waals surface area contributed by atoms with Gasteiger partial charge in [0.25, 0.3) is 0 Å². The Labute approximate surface area is 183 Å². The molecule has 1 aromatic heterocycles. The van der Waals surface area contributed by atoms with E-state index in [2.05, 4.69) is 0 Å². The Morgan fingerprint density at radius 3 is 2.21 bits per heavy atom. The van der Waals surface area contributed by atoms with E-state index in [4.69, 9.17) is 13.9 Å². The highest BCUT2D eigenvalue weighted by molar-refractivity contribution is 5.88. The van der Waals surface area contributed by atoms with Crippen molar-refractivity contribution in [2.45, 2.75) is 30.7 Å². The first-order chi connectivity index (χ1) is 15.6.